The molecular weight excluding hydrogens is 350 g/mol. The predicted molar refractivity (Wildman–Crippen MR) is 99.8 cm³/mol. The Hall–Kier alpha value is -3.26. The van der Waals surface area contributed by atoms with Crippen molar-refractivity contribution in [2.45, 2.75) is 13.2 Å². The molecule has 1 atom stereocenters. The van der Waals surface area contributed by atoms with E-state index in [1.165, 1.54) is 38.7 Å². The molecule has 1 aromatic heterocycles. The molecule has 1 unspecified atom stereocenters. The highest BCUT2D eigenvalue weighted by Gasteiger charge is 2.35. The maximum atomic E-state index is 12.5. The molecule has 0 aliphatic carbocycles. The molecule has 8 nitrogen and oxygen atoms in total. The number of rotatable bonds is 5. The number of anilines is 1. The number of nitrogens with zero attached hydrogens (tertiary/aromatic N) is 2. The molecule has 2 heterocycles. The molecule has 1 aliphatic heterocycles. The number of carbonyl (C=O) groups is 1. The minimum atomic E-state index is -1.23. The Morgan fingerprint density at radius 1 is 1.22 bits per heavy atom. The van der Waals surface area contributed by atoms with E-state index < -0.39 is 12.1 Å². The van der Waals surface area contributed by atoms with Crippen molar-refractivity contribution < 1.29 is 24.5 Å². The van der Waals surface area contributed by atoms with Crippen molar-refractivity contribution in [3.05, 3.63) is 53.5 Å². The van der Waals surface area contributed by atoms with Gasteiger partial charge in [0.25, 0.3) is 5.91 Å². The van der Waals surface area contributed by atoms with E-state index in [0.717, 1.165) is 0 Å². The third-order valence-corrected chi connectivity index (χ3v) is 4.41. The van der Waals surface area contributed by atoms with Gasteiger partial charge in [-0.15, -0.1) is 0 Å². The number of methoxy groups -OCH3 is 2. The number of carbonyl (C=O) groups excluding carboxylic acids is 1. The fourth-order valence-corrected chi connectivity index (χ4v) is 3.09. The van der Waals surface area contributed by atoms with Crippen molar-refractivity contribution in [3.63, 3.8) is 0 Å². The standard InChI is InChI=1S/C19H21N3O5/c1-4-22-12-5-6-13(26-2)17(27-3)14(12)16(23)15(19(22)25)21-18(24)11-7-9-20-10-8-11/h5-10,19,23,25H,4H2,1-3H3,(H,21,24). The third kappa shape index (κ3) is 3.15. The van der Waals surface area contributed by atoms with Crippen LogP contribution in [-0.2, 0) is 0 Å². The maximum Gasteiger partial charge on any atom is 0.255 e. The van der Waals surface area contributed by atoms with Crippen molar-refractivity contribution in [1.29, 1.82) is 0 Å². The lowest BCUT2D eigenvalue weighted by atomic mass is 10.0. The Morgan fingerprint density at radius 2 is 1.93 bits per heavy atom. The van der Waals surface area contributed by atoms with E-state index in [9.17, 15) is 15.0 Å². The number of aliphatic hydroxyl groups excluding tert-OH is 2. The van der Waals surface area contributed by atoms with E-state index in [1.54, 1.807) is 17.0 Å². The van der Waals surface area contributed by atoms with Gasteiger partial charge in [-0.25, -0.2) is 0 Å². The smallest absolute Gasteiger partial charge is 0.255 e. The molecule has 3 rings (SSSR count). The Morgan fingerprint density at radius 3 is 2.52 bits per heavy atom. The molecule has 0 saturated carbocycles. The zero-order valence-electron chi connectivity index (χ0n) is 15.3. The van der Waals surface area contributed by atoms with Crippen molar-refractivity contribution >= 4 is 17.4 Å². The van der Waals surface area contributed by atoms with E-state index in [1.807, 2.05) is 6.92 Å². The van der Waals surface area contributed by atoms with Crippen LogP contribution in [-0.4, -0.2) is 48.1 Å². The lowest BCUT2D eigenvalue weighted by Gasteiger charge is -2.37. The van der Waals surface area contributed by atoms with E-state index >= 15 is 0 Å². The van der Waals surface area contributed by atoms with Crippen molar-refractivity contribution in [1.82, 2.24) is 10.3 Å². The van der Waals surface area contributed by atoms with Gasteiger partial charge in [-0.2, -0.15) is 0 Å². The molecule has 1 aromatic carbocycles. The number of hydrogen-bond donors (Lipinski definition) is 3. The summed E-state index contributed by atoms with van der Waals surface area (Å²) in [7, 11) is 2.95. The highest BCUT2D eigenvalue weighted by atomic mass is 16.5. The van der Waals surface area contributed by atoms with E-state index in [4.69, 9.17) is 9.47 Å². The highest BCUT2D eigenvalue weighted by molar-refractivity contribution is 5.97. The van der Waals surface area contributed by atoms with Gasteiger partial charge in [-0.05, 0) is 31.2 Å². The fraction of sp³-hybridized carbons (Fsp3) is 0.263. The van der Waals surface area contributed by atoms with Crippen LogP contribution >= 0.6 is 0 Å². The largest absolute Gasteiger partial charge is 0.505 e. The summed E-state index contributed by atoms with van der Waals surface area (Å²) in [6.45, 7) is 2.29. The van der Waals surface area contributed by atoms with Crippen LogP contribution in [0.15, 0.2) is 42.4 Å². The average Bonchev–Trinajstić information content (AvgIpc) is 2.71. The normalized spacial score (nSPS) is 16.0. The summed E-state index contributed by atoms with van der Waals surface area (Å²) in [6, 6.07) is 6.50. The van der Waals surface area contributed by atoms with Gasteiger partial charge in [0.15, 0.2) is 23.5 Å². The van der Waals surface area contributed by atoms with Crippen LogP contribution in [0.25, 0.3) is 5.76 Å². The molecular formula is C19H21N3O5. The number of pyridine rings is 1. The summed E-state index contributed by atoms with van der Waals surface area (Å²) in [5.41, 5.74) is 1.23. The van der Waals surface area contributed by atoms with Gasteiger partial charge in [0.2, 0.25) is 0 Å². The second-order valence-electron chi connectivity index (χ2n) is 5.81. The average molecular weight is 371 g/mol. The Kier molecular flexibility index (Phi) is 5.18. The SMILES string of the molecule is CCN1c2ccc(OC)c(OC)c2C(O)=C(NC(=O)c2ccncc2)C1O. The second kappa shape index (κ2) is 7.55. The lowest BCUT2D eigenvalue weighted by molar-refractivity contribution is 0.0944. The molecule has 2 aromatic rings. The third-order valence-electron chi connectivity index (χ3n) is 4.41. The van der Waals surface area contributed by atoms with Gasteiger partial charge < -0.3 is 29.9 Å². The number of aromatic nitrogens is 1. The van der Waals surface area contributed by atoms with Gasteiger partial charge in [-0.3, -0.25) is 9.78 Å². The van der Waals surface area contributed by atoms with E-state index in [0.29, 0.717) is 34.9 Å². The van der Waals surface area contributed by atoms with E-state index in [-0.39, 0.29) is 11.5 Å². The summed E-state index contributed by atoms with van der Waals surface area (Å²) in [5, 5.41) is 24.2. The minimum absolute atomic E-state index is 0.0299. The number of aliphatic hydroxyl groups is 2. The lowest BCUT2D eigenvalue weighted by Crippen LogP contribution is -2.45. The Labute approximate surface area is 156 Å². The summed E-state index contributed by atoms with van der Waals surface area (Å²) in [4.78, 5) is 18.0. The quantitative estimate of drug-likeness (QED) is 0.737. The molecule has 0 saturated heterocycles. The van der Waals surface area contributed by atoms with Gasteiger partial charge in [0.05, 0.1) is 25.5 Å². The summed E-state index contributed by atoms with van der Waals surface area (Å²) >= 11 is 0. The fourth-order valence-electron chi connectivity index (χ4n) is 3.09. The maximum absolute atomic E-state index is 12.5. The van der Waals surface area contributed by atoms with Crippen molar-refractivity contribution in [2.75, 3.05) is 25.7 Å². The first kappa shape index (κ1) is 18.5. The van der Waals surface area contributed by atoms with Gasteiger partial charge in [-0.1, -0.05) is 0 Å². The molecule has 0 spiro atoms. The first-order valence-corrected chi connectivity index (χ1v) is 8.38. The van der Waals surface area contributed by atoms with Crippen LogP contribution in [0.3, 0.4) is 0 Å². The predicted octanol–water partition coefficient (Wildman–Crippen LogP) is 1.91. The van der Waals surface area contributed by atoms with Crippen molar-refractivity contribution in [3.8, 4) is 11.5 Å². The zero-order valence-corrected chi connectivity index (χ0v) is 15.3. The van der Waals surface area contributed by atoms with Crippen LogP contribution in [0, 0.1) is 0 Å². The molecule has 142 valence electrons. The monoisotopic (exact) mass is 371 g/mol. The molecule has 27 heavy (non-hydrogen) atoms. The number of hydrogen-bond acceptors (Lipinski definition) is 7. The molecule has 0 radical (unpaired) electrons. The van der Waals surface area contributed by atoms with Crippen LogP contribution in [0.5, 0.6) is 11.5 Å². The van der Waals surface area contributed by atoms with Gasteiger partial charge in [0, 0.05) is 24.5 Å². The van der Waals surface area contributed by atoms with Gasteiger partial charge in [0.1, 0.15) is 5.70 Å². The first-order chi connectivity index (χ1) is 13.0. The summed E-state index contributed by atoms with van der Waals surface area (Å²) < 4.78 is 10.7. The minimum Gasteiger partial charge on any atom is -0.505 e. The topological polar surface area (TPSA) is 104 Å². The Bertz CT molecular complexity index is 882. The molecule has 8 heteroatoms. The second-order valence-corrected chi connectivity index (χ2v) is 5.81. The van der Waals surface area contributed by atoms with Crippen LogP contribution in [0.2, 0.25) is 0 Å². The van der Waals surface area contributed by atoms with Crippen LogP contribution < -0.4 is 19.7 Å². The number of benzene rings is 1. The first-order valence-electron chi connectivity index (χ1n) is 8.38. The molecule has 1 amide bonds. The number of amides is 1. The highest BCUT2D eigenvalue weighted by Crippen LogP contribution is 2.45. The van der Waals surface area contributed by atoms with Crippen molar-refractivity contribution in [2.24, 2.45) is 0 Å². The molecule has 1 aliphatic rings. The Balaban J connectivity index is 2.12. The summed E-state index contributed by atoms with van der Waals surface area (Å²) in [5.74, 6) is -0.0108. The molecule has 3 N–H and O–H groups in total. The number of fused-ring (bicyclic) bond motifs is 1. The summed E-state index contributed by atoms with van der Waals surface area (Å²) in [6.07, 6.45) is 1.75. The number of ether oxygens (including phenoxy) is 2. The van der Waals surface area contributed by atoms with Crippen LogP contribution in [0.4, 0.5) is 5.69 Å². The van der Waals surface area contributed by atoms with E-state index in [2.05, 4.69) is 10.3 Å². The number of nitrogens with one attached hydrogen (secondary N) is 1. The molecule has 0 fully saturated rings. The van der Waals surface area contributed by atoms with Gasteiger partial charge >= 0.3 is 0 Å². The van der Waals surface area contributed by atoms with Crippen LogP contribution in [0.1, 0.15) is 22.8 Å². The zero-order chi connectivity index (χ0) is 19.6. The molecule has 0 bridgehead atoms. The number of likely N-dealkylation sites (N-methyl/N-ethyl adjacent to an activating group) is 1.